The van der Waals surface area contributed by atoms with Crippen LogP contribution >= 0.6 is 0 Å². The van der Waals surface area contributed by atoms with Gasteiger partial charge in [0.2, 0.25) is 5.91 Å². The third-order valence-corrected chi connectivity index (χ3v) is 5.61. The predicted octanol–water partition coefficient (Wildman–Crippen LogP) is 4.14. The number of pyridine rings is 1. The highest BCUT2D eigenvalue weighted by atomic mass is 19.1. The van der Waals surface area contributed by atoms with Crippen LogP contribution in [0.25, 0.3) is 22.2 Å². The van der Waals surface area contributed by atoms with E-state index in [0.29, 0.717) is 29.2 Å². The van der Waals surface area contributed by atoms with Crippen LogP contribution in [-0.2, 0) is 17.9 Å². The lowest BCUT2D eigenvalue weighted by molar-refractivity contribution is -0.117. The van der Waals surface area contributed by atoms with Gasteiger partial charge >= 0.3 is 0 Å². The van der Waals surface area contributed by atoms with E-state index in [0.717, 1.165) is 21.1 Å². The number of benzene rings is 3. The van der Waals surface area contributed by atoms with Gasteiger partial charge in [-0.25, -0.2) is 9.07 Å². The van der Waals surface area contributed by atoms with Crippen LogP contribution in [0, 0.1) is 5.82 Å². The first-order valence-electron chi connectivity index (χ1n) is 10.7. The van der Waals surface area contributed by atoms with E-state index < -0.39 is 5.91 Å². The summed E-state index contributed by atoms with van der Waals surface area (Å²) in [6, 6.07) is 21.0. The Labute approximate surface area is 194 Å². The molecule has 2 aliphatic heterocycles. The summed E-state index contributed by atoms with van der Waals surface area (Å²) in [5.41, 5.74) is 2.66. The number of nitrogens with zero attached hydrogens (tertiary/aromatic N) is 3. The fourth-order valence-corrected chi connectivity index (χ4v) is 4.07. The summed E-state index contributed by atoms with van der Waals surface area (Å²) >= 11 is 0. The number of methoxy groups -OCH3 is 1. The zero-order chi connectivity index (χ0) is 23.7. The minimum atomic E-state index is -0.397. The average molecular weight is 456 g/mol. The minimum Gasteiger partial charge on any atom is -0.495 e. The minimum absolute atomic E-state index is 0.246. The first-order valence-corrected chi connectivity index (χ1v) is 10.7. The number of amides is 1. The number of para-hydroxylation sites is 3. The number of aromatic nitrogens is 3. The molecule has 0 spiro atoms. The van der Waals surface area contributed by atoms with Gasteiger partial charge in [-0.1, -0.05) is 42.5 Å². The van der Waals surface area contributed by atoms with Crippen molar-refractivity contribution in [3.8, 4) is 17.0 Å². The fourth-order valence-electron chi connectivity index (χ4n) is 4.07. The summed E-state index contributed by atoms with van der Waals surface area (Å²) in [5, 5.41) is 8.00. The van der Waals surface area contributed by atoms with Crippen molar-refractivity contribution >= 4 is 22.5 Å². The molecule has 0 fully saturated rings. The summed E-state index contributed by atoms with van der Waals surface area (Å²) in [6.07, 6.45) is 1.71. The maximum absolute atomic E-state index is 13.7. The number of carbonyl (C=O) groups is 1. The van der Waals surface area contributed by atoms with E-state index in [1.165, 1.54) is 19.2 Å². The Kier molecular flexibility index (Phi) is 5.55. The van der Waals surface area contributed by atoms with Gasteiger partial charge in [-0.05, 0) is 35.9 Å². The van der Waals surface area contributed by atoms with E-state index >= 15 is 0 Å². The average Bonchev–Trinajstić information content (AvgIpc) is 3.15. The van der Waals surface area contributed by atoms with Crippen LogP contribution in [-0.4, -0.2) is 27.4 Å². The summed E-state index contributed by atoms with van der Waals surface area (Å²) < 4.78 is 22.0. The normalized spacial score (nSPS) is 11.1. The van der Waals surface area contributed by atoms with Crippen LogP contribution in [0.3, 0.4) is 0 Å². The van der Waals surface area contributed by atoms with Gasteiger partial charge in [-0.3, -0.25) is 9.59 Å². The summed E-state index contributed by atoms with van der Waals surface area (Å²) in [4.78, 5) is 25.8. The van der Waals surface area contributed by atoms with E-state index in [4.69, 9.17) is 4.74 Å². The quantitative estimate of drug-likeness (QED) is 0.417. The van der Waals surface area contributed by atoms with Crippen molar-refractivity contribution < 1.29 is 13.9 Å². The number of nitrogens with one attached hydrogen (secondary N) is 1. The van der Waals surface area contributed by atoms with Crippen LogP contribution in [0.4, 0.5) is 10.1 Å². The highest BCUT2D eigenvalue weighted by molar-refractivity contribution is 5.94. The van der Waals surface area contributed by atoms with Crippen molar-refractivity contribution in [2.24, 2.45) is 0 Å². The first-order chi connectivity index (χ1) is 16.5. The van der Waals surface area contributed by atoms with E-state index in [-0.39, 0.29) is 17.9 Å². The van der Waals surface area contributed by atoms with Crippen LogP contribution in [0.1, 0.15) is 5.56 Å². The van der Waals surface area contributed by atoms with E-state index in [2.05, 4.69) is 10.4 Å². The van der Waals surface area contributed by atoms with Crippen molar-refractivity contribution in [2.75, 3.05) is 12.4 Å². The Bertz CT molecular complexity index is 1540. The van der Waals surface area contributed by atoms with Crippen molar-refractivity contribution in [3.05, 3.63) is 101 Å². The van der Waals surface area contributed by atoms with Gasteiger partial charge in [0.1, 0.15) is 23.8 Å². The Morgan fingerprint density at radius 2 is 1.85 bits per heavy atom. The predicted molar refractivity (Wildman–Crippen MR) is 128 cm³/mol. The first kappa shape index (κ1) is 21.4. The highest BCUT2D eigenvalue weighted by Crippen LogP contribution is 2.28. The number of carbonyl (C=O) groups excluding carboxylic acids is 1. The second-order valence-electron chi connectivity index (χ2n) is 7.88. The fraction of sp³-hybridized carbons (Fsp3) is 0.115. The van der Waals surface area contributed by atoms with E-state index in [1.807, 2.05) is 34.9 Å². The molecule has 8 heteroatoms. The van der Waals surface area contributed by atoms with E-state index in [1.54, 1.807) is 36.5 Å². The summed E-state index contributed by atoms with van der Waals surface area (Å²) in [7, 11) is 1.52. The Morgan fingerprint density at radius 3 is 2.68 bits per heavy atom. The number of ether oxygens (including phenoxy) is 1. The molecule has 0 unspecified atom stereocenters. The van der Waals surface area contributed by atoms with E-state index in [9.17, 15) is 14.0 Å². The molecule has 2 aliphatic rings. The van der Waals surface area contributed by atoms with Crippen molar-refractivity contribution in [1.82, 2.24) is 14.3 Å². The molecule has 0 radical (unpaired) electrons. The number of hydrogen-bond acceptors (Lipinski definition) is 4. The standard InChI is InChI=1S/C26H21FN4O3/c1-34-23-12-5-3-10-21(23)28-24(32)16-31-26(33)20-15-30(14-17-7-6-8-18(27)13-17)22-11-4-2-9-19(22)25(20)29-31/h2-13,15H,14,16H2,1H3,(H,28,32). The topological polar surface area (TPSA) is 78.2 Å². The van der Waals surface area contributed by atoms with Gasteiger partial charge in [0, 0.05) is 18.1 Å². The lowest BCUT2D eigenvalue weighted by Crippen LogP contribution is -2.26. The highest BCUT2D eigenvalue weighted by Gasteiger charge is 2.21. The van der Waals surface area contributed by atoms with Crippen molar-refractivity contribution in [2.45, 2.75) is 13.1 Å². The zero-order valence-electron chi connectivity index (χ0n) is 18.4. The lowest BCUT2D eigenvalue weighted by atomic mass is 10.1. The van der Waals surface area contributed by atoms with Gasteiger partial charge in [0.15, 0.2) is 0 Å². The van der Waals surface area contributed by atoms with Gasteiger partial charge < -0.3 is 14.6 Å². The number of halogens is 1. The molecule has 0 aromatic heterocycles. The van der Waals surface area contributed by atoms with Crippen LogP contribution in [0.5, 0.6) is 5.75 Å². The van der Waals surface area contributed by atoms with Crippen LogP contribution < -0.4 is 15.6 Å². The van der Waals surface area contributed by atoms with Gasteiger partial charge in [0.25, 0.3) is 5.56 Å². The Hall–Kier alpha value is -4.46. The molecule has 0 atom stereocenters. The molecule has 0 aliphatic carbocycles. The molecule has 7 nitrogen and oxygen atoms in total. The molecule has 0 bridgehead atoms. The second kappa shape index (κ2) is 8.82. The molecule has 5 rings (SSSR count). The molecular weight excluding hydrogens is 435 g/mol. The van der Waals surface area contributed by atoms with Crippen LogP contribution in [0.15, 0.2) is 83.8 Å². The summed E-state index contributed by atoms with van der Waals surface area (Å²) in [6.45, 7) is 0.136. The molecule has 2 heterocycles. The zero-order valence-corrected chi connectivity index (χ0v) is 18.4. The van der Waals surface area contributed by atoms with Gasteiger partial charge in [-0.2, -0.15) is 5.10 Å². The third kappa shape index (κ3) is 4.01. The monoisotopic (exact) mass is 456 g/mol. The molecule has 3 aromatic carbocycles. The molecule has 0 saturated heterocycles. The molecule has 170 valence electrons. The number of rotatable bonds is 6. The second-order valence-corrected chi connectivity index (χ2v) is 7.88. The third-order valence-electron chi connectivity index (χ3n) is 5.61. The molecule has 1 N–H and O–H groups in total. The molecule has 34 heavy (non-hydrogen) atoms. The largest absolute Gasteiger partial charge is 0.495 e. The molecule has 0 saturated carbocycles. The van der Waals surface area contributed by atoms with Gasteiger partial charge in [-0.15, -0.1) is 0 Å². The Balaban J connectivity index is 1.52. The van der Waals surface area contributed by atoms with Gasteiger partial charge in [0.05, 0.1) is 23.9 Å². The molecule has 3 aromatic rings. The van der Waals surface area contributed by atoms with Crippen molar-refractivity contribution in [1.29, 1.82) is 0 Å². The molecular formula is C26H21FN4O3. The maximum atomic E-state index is 13.7. The van der Waals surface area contributed by atoms with Crippen LogP contribution in [0.2, 0.25) is 0 Å². The molecule has 1 amide bonds. The number of fused-ring (bicyclic) bond motifs is 3. The Morgan fingerprint density at radius 1 is 1.06 bits per heavy atom. The summed E-state index contributed by atoms with van der Waals surface area (Å²) in [5.74, 6) is -0.193. The number of hydrogen-bond donors (Lipinski definition) is 1. The number of anilines is 1. The SMILES string of the molecule is COc1ccccc1NC(=O)Cn1nc2c3ccccc3n(Cc3cccc(F)c3)cc-2c1=O. The smallest absolute Gasteiger partial charge is 0.278 e. The lowest BCUT2D eigenvalue weighted by Gasteiger charge is -2.14. The van der Waals surface area contributed by atoms with Crippen molar-refractivity contribution in [3.63, 3.8) is 0 Å². The maximum Gasteiger partial charge on any atom is 0.278 e.